The lowest BCUT2D eigenvalue weighted by atomic mass is 9.70. The Morgan fingerprint density at radius 1 is 0.844 bits per heavy atom. The molecule has 3 nitrogen and oxygen atoms in total. The van der Waals surface area contributed by atoms with Gasteiger partial charge in [-0.2, -0.15) is 0 Å². The molecule has 0 aliphatic carbocycles. The average Bonchev–Trinajstić information content (AvgIpc) is 2.83. The van der Waals surface area contributed by atoms with Crippen LogP contribution in [0.5, 0.6) is 0 Å². The van der Waals surface area contributed by atoms with Crippen molar-refractivity contribution < 1.29 is 4.74 Å². The van der Waals surface area contributed by atoms with Crippen molar-refractivity contribution in [2.45, 2.75) is 18.4 Å². The molecule has 0 amide bonds. The highest BCUT2D eigenvalue weighted by Crippen LogP contribution is 2.41. The first-order valence-electron chi connectivity index (χ1n) is 11.2. The number of halogens is 2. The van der Waals surface area contributed by atoms with Crippen LogP contribution < -0.4 is 4.90 Å². The number of hydrogen-bond acceptors (Lipinski definition) is 3. The van der Waals surface area contributed by atoms with Gasteiger partial charge in [0.05, 0.1) is 13.2 Å². The molecule has 0 bridgehead atoms. The molecule has 0 aromatic heterocycles. The zero-order chi connectivity index (χ0) is 21.1. The summed E-state index contributed by atoms with van der Waals surface area (Å²) in [7, 11) is 0. The Morgan fingerprint density at radius 2 is 1.59 bits per heavy atom. The van der Waals surface area contributed by atoms with E-state index in [0.717, 1.165) is 50.8 Å². The Bertz CT molecular complexity index is 1020. The quantitative estimate of drug-likeness (QED) is 0.471. The average molecular weight is 469 g/mol. The van der Waals surface area contributed by atoms with Crippen LogP contribution in [0.2, 0.25) is 5.02 Å². The summed E-state index contributed by atoms with van der Waals surface area (Å²) in [6, 6.07) is 28.0. The lowest BCUT2D eigenvalue weighted by Crippen LogP contribution is -2.48. The van der Waals surface area contributed by atoms with Gasteiger partial charge in [0.15, 0.2) is 0 Å². The van der Waals surface area contributed by atoms with Crippen molar-refractivity contribution in [1.82, 2.24) is 4.90 Å². The SMILES string of the molecule is Cl.Clc1cccc(N2CCN(CCC3(c4ccccc4)COCc4ccccc43)CC2)c1. The van der Waals surface area contributed by atoms with Crippen molar-refractivity contribution in [2.24, 2.45) is 0 Å². The number of hydrogen-bond donors (Lipinski definition) is 0. The topological polar surface area (TPSA) is 15.7 Å². The van der Waals surface area contributed by atoms with Crippen LogP contribution >= 0.6 is 24.0 Å². The summed E-state index contributed by atoms with van der Waals surface area (Å²) in [6.07, 6.45) is 1.06. The van der Waals surface area contributed by atoms with Crippen LogP contribution in [-0.2, 0) is 16.8 Å². The van der Waals surface area contributed by atoms with E-state index in [4.69, 9.17) is 16.3 Å². The van der Waals surface area contributed by atoms with Gasteiger partial charge in [-0.15, -0.1) is 12.4 Å². The molecule has 0 spiro atoms. The number of anilines is 1. The first kappa shape index (κ1) is 23.1. The second-order valence-corrected chi connectivity index (χ2v) is 9.09. The molecule has 1 saturated heterocycles. The van der Waals surface area contributed by atoms with E-state index in [1.165, 1.54) is 22.4 Å². The molecule has 2 heterocycles. The first-order valence-corrected chi connectivity index (χ1v) is 11.6. The summed E-state index contributed by atoms with van der Waals surface area (Å²) in [5, 5.41) is 0.806. The summed E-state index contributed by atoms with van der Waals surface area (Å²) in [5.74, 6) is 0. The van der Waals surface area contributed by atoms with E-state index >= 15 is 0 Å². The van der Waals surface area contributed by atoms with Gasteiger partial charge in [-0.3, -0.25) is 4.90 Å². The van der Waals surface area contributed by atoms with Crippen LogP contribution in [0.3, 0.4) is 0 Å². The molecule has 0 radical (unpaired) electrons. The lowest BCUT2D eigenvalue weighted by molar-refractivity contribution is 0.0572. The smallest absolute Gasteiger partial charge is 0.0720 e. The van der Waals surface area contributed by atoms with Gasteiger partial charge in [-0.1, -0.05) is 72.3 Å². The van der Waals surface area contributed by atoms with Crippen molar-refractivity contribution in [3.63, 3.8) is 0 Å². The van der Waals surface area contributed by atoms with Gasteiger partial charge in [-0.05, 0) is 47.9 Å². The Hall–Kier alpha value is -2.04. The molecule has 3 aromatic rings. The molecule has 1 fully saturated rings. The number of nitrogens with zero attached hydrogens (tertiary/aromatic N) is 2. The van der Waals surface area contributed by atoms with Crippen LogP contribution in [0.1, 0.15) is 23.1 Å². The van der Waals surface area contributed by atoms with Gasteiger partial charge in [0.25, 0.3) is 0 Å². The maximum absolute atomic E-state index is 6.19. The van der Waals surface area contributed by atoms with Gasteiger partial charge in [0.1, 0.15) is 0 Å². The fourth-order valence-electron chi connectivity index (χ4n) is 5.12. The van der Waals surface area contributed by atoms with Gasteiger partial charge < -0.3 is 9.64 Å². The third-order valence-electron chi connectivity index (χ3n) is 6.87. The predicted octanol–water partition coefficient (Wildman–Crippen LogP) is 5.79. The van der Waals surface area contributed by atoms with Gasteiger partial charge in [0, 0.05) is 42.3 Å². The van der Waals surface area contributed by atoms with Gasteiger partial charge >= 0.3 is 0 Å². The summed E-state index contributed by atoms with van der Waals surface area (Å²) in [6.45, 7) is 6.73. The molecule has 2 aliphatic heterocycles. The number of rotatable bonds is 5. The van der Waals surface area contributed by atoms with Crippen molar-refractivity contribution in [3.05, 3.63) is 101 Å². The molecule has 2 aliphatic rings. The van der Waals surface area contributed by atoms with Crippen LogP contribution in [0.4, 0.5) is 5.69 Å². The molecule has 3 aromatic carbocycles. The summed E-state index contributed by atoms with van der Waals surface area (Å²) in [4.78, 5) is 5.04. The monoisotopic (exact) mass is 468 g/mol. The van der Waals surface area contributed by atoms with E-state index in [-0.39, 0.29) is 17.8 Å². The van der Waals surface area contributed by atoms with Crippen LogP contribution in [0, 0.1) is 0 Å². The Kier molecular flexibility index (Phi) is 7.42. The fraction of sp³-hybridized carbons (Fsp3) is 0.333. The third kappa shape index (κ3) is 4.67. The van der Waals surface area contributed by atoms with E-state index in [1.54, 1.807) is 0 Å². The highest BCUT2D eigenvalue weighted by atomic mass is 35.5. The van der Waals surface area contributed by atoms with Gasteiger partial charge in [-0.25, -0.2) is 0 Å². The number of ether oxygens (including phenoxy) is 1. The molecule has 5 heteroatoms. The predicted molar refractivity (Wildman–Crippen MR) is 135 cm³/mol. The standard InChI is InChI=1S/C27H29ClN2O.ClH/c28-24-10-6-11-25(19-24)30-17-15-29(16-18-30)14-13-27(23-8-2-1-3-9-23)21-31-20-22-7-4-5-12-26(22)27;/h1-12,19H,13-18,20-21H2;1H. The number of benzene rings is 3. The summed E-state index contributed by atoms with van der Waals surface area (Å²) in [5.41, 5.74) is 5.26. The van der Waals surface area contributed by atoms with Crippen molar-refractivity contribution in [1.29, 1.82) is 0 Å². The number of fused-ring (bicyclic) bond motifs is 1. The second kappa shape index (κ2) is 10.3. The minimum absolute atomic E-state index is 0. The minimum Gasteiger partial charge on any atom is -0.375 e. The molecule has 0 saturated carbocycles. The maximum Gasteiger partial charge on any atom is 0.0720 e. The second-order valence-electron chi connectivity index (χ2n) is 8.66. The van der Waals surface area contributed by atoms with E-state index in [1.807, 2.05) is 12.1 Å². The maximum atomic E-state index is 6.19. The Labute approximate surface area is 202 Å². The molecule has 1 atom stereocenters. The highest BCUT2D eigenvalue weighted by molar-refractivity contribution is 6.30. The summed E-state index contributed by atoms with van der Waals surface area (Å²) >= 11 is 6.19. The first-order chi connectivity index (χ1) is 15.2. The largest absolute Gasteiger partial charge is 0.375 e. The van der Waals surface area contributed by atoms with E-state index in [9.17, 15) is 0 Å². The normalized spacial score (nSPS) is 21.0. The van der Waals surface area contributed by atoms with Crippen molar-refractivity contribution in [3.8, 4) is 0 Å². The van der Waals surface area contributed by atoms with E-state index in [2.05, 4.69) is 76.5 Å². The Morgan fingerprint density at radius 3 is 2.38 bits per heavy atom. The van der Waals surface area contributed by atoms with Gasteiger partial charge in [0.2, 0.25) is 0 Å². The molecular formula is C27H30Cl2N2O. The number of piperazine rings is 1. The van der Waals surface area contributed by atoms with Crippen molar-refractivity contribution >= 4 is 29.7 Å². The van der Waals surface area contributed by atoms with Crippen LogP contribution in [0.25, 0.3) is 0 Å². The molecule has 1 unspecified atom stereocenters. The summed E-state index contributed by atoms with van der Waals surface area (Å²) < 4.78 is 6.15. The minimum atomic E-state index is -0.0831. The molecule has 168 valence electrons. The van der Waals surface area contributed by atoms with Crippen LogP contribution in [-0.4, -0.2) is 44.2 Å². The van der Waals surface area contributed by atoms with E-state index < -0.39 is 0 Å². The molecular weight excluding hydrogens is 439 g/mol. The zero-order valence-corrected chi connectivity index (χ0v) is 19.8. The zero-order valence-electron chi connectivity index (χ0n) is 18.3. The van der Waals surface area contributed by atoms with Crippen molar-refractivity contribution in [2.75, 3.05) is 44.2 Å². The lowest BCUT2D eigenvalue weighted by Gasteiger charge is -2.42. The molecule has 32 heavy (non-hydrogen) atoms. The molecule has 5 rings (SSSR count). The van der Waals surface area contributed by atoms with Crippen LogP contribution in [0.15, 0.2) is 78.9 Å². The highest BCUT2D eigenvalue weighted by Gasteiger charge is 2.39. The fourth-order valence-corrected chi connectivity index (χ4v) is 5.31. The van der Waals surface area contributed by atoms with E-state index in [0.29, 0.717) is 6.61 Å². The third-order valence-corrected chi connectivity index (χ3v) is 7.10. The molecule has 0 N–H and O–H groups in total. The Balaban J connectivity index is 0.00000245.